The summed E-state index contributed by atoms with van der Waals surface area (Å²) in [4.78, 5) is 15.0. The molecule has 1 heterocycles. The lowest BCUT2D eigenvalue weighted by molar-refractivity contribution is -0.137. The number of fused-ring (bicyclic) bond motifs is 1. The van der Waals surface area contributed by atoms with Gasteiger partial charge in [-0.25, -0.2) is 4.39 Å². The molecule has 140 valence electrons. The van der Waals surface area contributed by atoms with Gasteiger partial charge in [-0.2, -0.15) is 0 Å². The Morgan fingerprint density at radius 3 is 2.62 bits per heavy atom. The van der Waals surface area contributed by atoms with Crippen molar-refractivity contribution >= 4 is 5.91 Å². The van der Waals surface area contributed by atoms with Crippen molar-refractivity contribution in [2.24, 2.45) is 11.3 Å². The quantitative estimate of drug-likeness (QED) is 0.889. The maximum absolute atomic E-state index is 14.0. The molecular formula is C22H29FN2O. The van der Waals surface area contributed by atoms with E-state index in [0.717, 1.165) is 57.2 Å². The maximum atomic E-state index is 14.0. The van der Waals surface area contributed by atoms with Gasteiger partial charge in [0.1, 0.15) is 5.82 Å². The standard InChI is InChI=1S/C22H29FN2O/c23-19-4-1-3-18-17(19)5-6-20(18)25-11-7-16(8-12-25)24-21(26)15-13-22(14-15)9-2-10-22/h1,3-4,15-16,20H,2,5-14H2,(H,24,26). The highest BCUT2D eigenvalue weighted by molar-refractivity contribution is 5.80. The molecule has 2 saturated carbocycles. The Labute approximate surface area is 155 Å². The van der Waals surface area contributed by atoms with Crippen LogP contribution in [-0.2, 0) is 11.2 Å². The van der Waals surface area contributed by atoms with Crippen LogP contribution in [0.5, 0.6) is 0 Å². The van der Waals surface area contributed by atoms with Crippen molar-refractivity contribution in [3.63, 3.8) is 0 Å². The van der Waals surface area contributed by atoms with Crippen LogP contribution in [0.4, 0.5) is 4.39 Å². The second-order valence-electron chi connectivity index (χ2n) is 9.14. The van der Waals surface area contributed by atoms with Gasteiger partial charge in [-0.3, -0.25) is 9.69 Å². The minimum Gasteiger partial charge on any atom is -0.353 e. The molecule has 1 N–H and O–H groups in total. The number of halogens is 1. The number of benzene rings is 1. The molecule has 1 aromatic carbocycles. The van der Waals surface area contributed by atoms with Crippen molar-refractivity contribution in [3.8, 4) is 0 Å². The lowest BCUT2D eigenvalue weighted by Crippen LogP contribution is -2.52. The summed E-state index contributed by atoms with van der Waals surface area (Å²) in [6.07, 6.45) is 10.2. The Bertz CT molecular complexity index is 698. The number of piperidine rings is 1. The van der Waals surface area contributed by atoms with Gasteiger partial charge in [0.25, 0.3) is 0 Å². The number of amides is 1. The van der Waals surface area contributed by atoms with Gasteiger partial charge in [-0.15, -0.1) is 0 Å². The first-order valence-electron chi connectivity index (χ1n) is 10.5. The van der Waals surface area contributed by atoms with E-state index in [1.54, 1.807) is 6.07 Å². The molecule has 3 fully saturated rings. The smallest absolute Gasteiger partial charge is 0.223 e. The highest BCUT2D eigenvalue weighted by Crippen LogP contribution is 2.58. The Morgan fingerprint density at radius 2 is 1.92 bits per heavy atom. The number of hydrogen-bond donors (Lipinski definition) is 1. The molecule has 4 heteroatoms. The summed E-state index contributed by atoms with van der Waals surface area (Å²) in [7, 11) is 0. The van der Waals surface area contributed by atoms with Crippen LogP contribution in [0.15, 0.2) is 18.2 Å². The van der Waals surface area contributed by atoms with Crippen LogP contribution in [0.25, 0.3) is 0 Å². The third-order valence-corrected chi connectivity index (χ3v) is 7.64. The summed E-state index contributed by atoms with van der Waals surface area (Å²) >= 11 is 0. The van der Waals surface area contributed by atoms with E-state index in [1.165, 1.54) is 24.8 Å². The van der Waals surface area contributed by atoms with Crippen molar-refractivity contribution in [1.29, 1.82) is 0 Å². The molecule has 4 aliphatic rings. The van der Waals surface area contributed by atoms with E-state index in [-0.39, 0.29) is 11.7 Å². The second-order valence-corrected chi connectivity index (χ2v) is 9.14. The number of rotatable bonds is 3. The van der Waals surface area contributed by atoms with E-state index in [4.69, 9.17) is 0 Å². The number of carbonyl (C=O) groups excluding carboxylic acids is 1. The van der Waals surface area contributed by atoms with E-state index in [1.807, 2.05) is 6.07 Å². The van der Waals surface area contributed by atoms with Crippen LogP contribution >= 0.6 is 0 Å². The number of likely N-dealkylation sites (tertiary alicyclic amines) is 1. The monoisotopic (exact) mass is 356 g/mol. The molecule has 1 aromatic rings. The highest BCUT2D eigenvalue weighted by atomic mass is 19.1. The van der Waals surface area contributed by atoms with Crippen molar-refractivity contribution < 1.29 is 9.18 Å². The topological polar surface area (TPSA) is 32.3 Å². The van der Waals surface area contributed by atoms with Crippen molar-refractivity contribution in [2.75, 3.05) is 13.1 Å². The zero-order chi connectivity index (χ0) is 17.7. The fraction of sp³-hybridized carbons (Fsp3) is 0.682. The first-order valence-corrected chi connectivity index (χ1v) is 10.5. The largest absolute Gasteiger partial charge is 0.353 e. The molecule has 1 atom stereocenters. The Morgan fingerprint density at radius 1 is 1.15 bits per heavy atom. The number of nitrogens with zero attached hydrogens (tertiary/aromatic N) is 1. The molecule has 0 radical (unpaired) electrons. The Balaban J connectivity index is 1.13. The molecule has 0 bridgehead atoms. The minimum absolute atomic E-state index is 0.0446. The molecule has 1 spiro atoms. The number of hydrogen-bond acceptors (Lipinski definition) is 2. The third kappa shape index (κ3) is 2.77. The third-order valence-electron chi connectivity index (χ3n) is 7.64. The molecule has 1 aliphatic heterocycles. The summed E-state index contributed by atoms with van der Waals surface area (Å²) in [6, 6.07) is 6.20. The predicted molar refractivity (Wildman–Crippen MR) is 99.2 cm³/mol. The highest BCUT2D eigenvalue weighted by Gasteiger charge is 2.50. The SMILES string of the molecule is O=C(NC1CCN(C2CCc3c(F)cccc32)CC1)C1CC2(CCC2)C1. The predicted octanol–water partition coefficient (Wildman–Crippen LogP) is 3.97. The van der Waals surface area contributed by atoms with E-state index in [0.29, 0.717) is 23.4 Å². The fourth-order valence-corrected chi connectivity index (χ4v) is 5.90. The zero-order valence-electron chi connectivity index (χ0n) is 15.5. The Kier molecular flexibility index (Phi) is 4.07. The van der Waals surface area contributed by atoms with Gasteiger partial charge >= 0.3 is 0 Å². The van der Waals surface area contributed by atoms with Gasteiger partial charge in [0.05, 0.1) is 0 Å². The summed E-state index contributed by atoms with van der Waals surface area (Å²) in [5, 5.41) is 3.32. The molecule has 3 aliphatic carbocycles. The first kappa shape index (κ1) is 16.7. The average molecular weight is 356 g/mol. The molecule has 0 aromatic heterocycles. The Hall–Kier alpha value is -1.42. The van der Waals surface area contributed by atoms with Crippen molar-refractivity contribution in [2.45, 2.75) is 69.9 Å². The van der Waals surface area contributed by atoms with Crippen LogP contribution < -0.4 is 5.32 Å². The normalized spacial score (nSPS) is 28.4. The molecule has 5 rings (SSSR count). The molecule has 1 unspecified atom stereocenters. The molecular weight excluding hydrogens is 327 g/mol. The summed E-state index contributed by atoms with van der Waals surface area (Å²) in [5.74, 6) is 0.532. The summed E-state index contributed by atoms with van der Waals surface area (Å²) < 4.78 is 14.0. The average Bonchev–Trinajstić information content (AvgIpc) is 2.98. The summed E-state index contributed by atoms with van der Waals surface area (Å²) in [6.45, 7) is 2.00. The second kappa shape index (κ2) is 6.33. The minimum atomic E-state index is -0.0446. The van der Waals surface area contributed by atoms with Crippen molar-refractivity contribution in [1.82, 2.24) is 10.2 Å². The van der Waals surface area contributed by atoms with E-state index < -0.39 is 0 Å². The van der Waals surface area contributed by atoms with Gasteiger partial charge in [-0.1, -0.05) is 18.6 Å². The lowest BCUT2D eigenvalue weighted by atomic mass is 9.51. The molecule has 26 heavy (non-hydrogen) atoms. The maximum Gasteiger partial charge on any atom is 0.223 e. The molecule has 3 nitrogen and oxygen atoms in total. The van der Waals surface area contributed by atoms with E-state index >= 15 is 0 Å². The molecule has 1 saturated heterocycles. The van der Waals surface area contributed by atoms with Gasteiger partial charge in [0, 0.05) is 31.1 Å². The number of nitrogens with one attached hydrogen (secondary N) is 1. The van der Waals surface area contributed by atoms with Gasteiger partial charge in [0.2, 0.25) is 5.91 Å². The van der Waals surface area contributed by atoms with Gasteiger partial charge in [0.15, 0.2) is 0 Å². The fourth-order valence-electron chi connectivity index (χ4n) is 5.90. The van der Waals surface area contributed by atoms with Gasteiger partial charge in [-0.05, 0) is 74.0 Å². The summed E-state index contributed by atoms with van der Waals surface area (Å²) in [5.41, 5.74) is 2.67. The van der Waals surface area contributed by atoms with Crippen LogP contribution in [0.1, 0.15) is 68.5 Å². The van der Waals surface area contributed by atoms with Gasteiger partial charge < -0.3 is 5.32 Å². The van der Waals surface area contributed by atoms with Crippen LogP contribution in [0.3, 0.4) is 0 Å². The lowest BCUT2D eigenvalue weighted by Gasteiger charge is -2.53. The molecule has 1 amide bonds. The number of carbonyl (C=O) groups is 1. The van der Waals surface area contributed by atoms with Crippen LogP contribution in [0.2, 0.25) is 0 Å². The van der Waals surface area contributed by atoms with Crippen LogP contribution in [0, 0.1) is 17.2 Å². The van der Waals surface area contributed by atoms with E-state index in [9.17, 15) is 9.18 Å². The first-order chi connectivity index (χ1) is 12.6. The van der Waals surface area contributed by atoms with Crippen LogP contribution in [-0.4, -0.2) is 29.9 Å². The zero-order valence-corrected chi connectivity index (χ0v) is 15.5. The van der Waals surface area contributed by atoms with Crippen molar-refractivity contribution in [3.05, 3.63) is 35.1 Å². The van der Waals surface area contributed by atoms with E-state index in [2.05, 4.69) is 16.3 Å².